The van der Waals surface area contributed by atoms with E-state index in [1.165, 1.54) is 37.7 Å². The van der Waals surface area contributed by atoms with Crippen LogP contribution in [0.1, 0.15) is 51.5 Å². The summed E-state index contributed by atoms with van der Waals surface area (Å²) in [6.07, 6.45) is 6.38. The number of unbranched alkanes of at least 4 members (excludes halogenated alkanes) is 1. The Bertz CT molecular complexity index is 312. The number of benzene rings is 1. The summed E-state index contributed by atoms with van der Waals surface area (Å²) in [7, 11) is 0. The summed E-state index contributed by atoms with van der Waals surface area (Å²) in [5, 5.41) is 4.46. The largest absolute Gasteiger partial charge is 0.310 e. The lowest BCUT2D eigenvalue weighted by molar-refractivity contribution is 0.434. The molecule has 0 aromatic heterocycles. The first-order chi connectivity index (χ1) is 8.26. The highest BCUT2D eigenvalue weighted by Gasteiger charge is 2.06. The predicted octanol–water partition coefficient (Wildman–Crippen LogP) is 4.79. The molecule has 1 unspecified atom stereocenters. The zero-order chi connectivity index (χ0) is 12.5. The molecule has 0 amide bonds. The maximum Gasteiger partial charge on any atom is 0.0409 e. The van der Waals surface area contributed by atoms with E-state index in [2.05, 4.69) is 25.2 Å². The van der Waals surface area contributed by atoms with Crippen LogP contribution < -0.4 is 5.32 Å². The second-order valence-corrected chi connectivity index (χ2v) is 5.08. The molecular formula is C15H24ClN. The van der Waals surface area contributed by atoms with Gasteiger partial charge in [0, 0.05) is 17.6 Å². The van der Waals surface area contributed by atoms with Gasteiger partial charge in [-0.3, -0.25) is 0 Å². The second-order valence-electron chi connectivity index (χ2n) is 4.64. The Labute approximate surface area is 111 Å². The van der Waals surface area contributed by atoms with Crippen molar-refractivity contribution in [3.8, 4) is 0 Å². The van der Waals surface area contributed by atoms with Crippen LogP contribution in [0.25, 0.3) is 0 Å². The number of halogens is 1. The highest BCUT2D eigenvalue weighted by Crippen LogP contribution is 2.12. The first kappa shape index (κ1) is 14.5. The van der Waals surface area contributed by atoms with Crippen LogP contribution in [0.3, 0.4) is 0 Å². The minimum Gasteiger partial charge on any atom is -0.310 e. The summed E-state index contributed by atoms with van der Waals surface area (Å²) in [5.41, 5.74) is 1.27. The van der Waals surface area contributed by atoms with Crippen molar-refractivity contribution in [3.63, 3.8) is 0 Å². The molecule has 0 saturated heterocycles. The van der Waals surface area contributed by atoms with Crippen molar-refractivity contribution in [2.24, 2.45) is 0 Å². The average Bonchev–Trinajstić information content (AvgIpc) is 2.33. The Morgan fingerprint density at radius 3 is 2.65 bits per heavy atom. The van der Waals surface area contributed by atoms with Gasteiger partial charge in [0.2, 0.25) is 0 Å². The van der Waals surface area contributed by atoms with E-state index in [4.69, 9.17) is 11.6 Å². The molecule has 0 spiro atoms. The van der Waals surface area contributed by atoms with Gasteiger partial charge < -0.3 is 5.32 Å². The predicted molar refractivity (Wildman–Crippen MR) is 76.5 cm³/mol. The molecule has 0 heterocycles. The van der Waals surface area contributed by atoms with Crippen LogP contribution in [-0.2, 0) is 6.54 Å². The molecule has 0 aliphatic carbocycles. The molecule has 2 heteroatoms. The van der Waals surface area contributed by atoms with E-state index in [0.29, 0.717) is 6.04 Å². The second kappa shape index (κ2) is 8.54. The normalized spacial score (nSPS) is 12.6. The lowest BCUT2D eigenvalue weighted by atomic mass is 10.0. The molecule has 96 valence electrons. The zero-order valence-corrected chi connectivity index (χ0v) is 11.8. The highest BCUT2D eigenvalue weighted by atomic mass is 35.5. The molecule has 0 aliphatic rings. The molecule has 0 saturated carbocycles. The fourth-order valence-corrected chi connectivity index (χ4v) is 2.27. The number of nitrogens with one attached hydrogen (secondary N) is 1. The Morgan fingerprint density at radius 1 is 1.18 bits per heavy atom. The van der Waals surface area contributed by atoms with Crippen LogP contribution in [0, 0.1) is 0 Å². The number of rotatable bonds is 8. The molecule has 1 aromatic rings. The third-order valence-electron chi connectivity index (χ3n) is 3.03. The van der Waals surface area contributed by atoms with Gasteiger partial charge in [0.05, 0.1) is 0 Å². The van der Waals surface area contributed by atoms with E-state index in [9.17, 15) is 0 Å². The minimum atomic E-state index is 0.652. The quantitative estimate of drug-likeness (QED) is 0.703. The van der Waals surface area contributed by atoms with E-state index in [-0.39, 0.29) is 0 Å². The highest BCUT2D eigenvalue weighted by molar-refractivity contribution is 6.30. The molecule has 0 bridgehead atoms. The van der Waals surface area contributed by atoms with E-state index in [1.807, 2.05) is 18.2 Å². The van der Waals surface area contributed by atoms with E-state index >= 15 is 0 Å². The van der Waals surface area contributed by atoms with Crippen LogP contribution in [0.4, 0.5) is 0 Å². The molecule has 1 aromatic carbocycles. The van der Waals surface area contributed by atoms with Gasteiger partial charge in [-0.2, -0.15) is 0 Å². The third kappa shape index (κ3) is 6.09. The summed E-state index contributed by atoms with van der Waals surface area (Å²) in [6, 6.07) is 8.75. The molecule has 1 atom stereocenters. The van der Waals surface area contributed by atoms with Crippen LogP contribution in [-0.4, -0.2) is 6.04 Å². The maximum absolute atomic E-state index is 5.98. The van der Waals surface area contributed by atoms with Crippen molar-refractivity contribution in [2.75, 3.05) is 0 Å². The van der Waals surface area contributed by atoms with Crippen molar-refractivity contribution in [2.45, 2.75) is 58.5 Å². The fraction of sp³-hybridized carbons (Fsp3) is 0.600. The van der Waals surface area contributed by atoms with Gasteiger partial charge in [-0.15, -0.1) is 0 Å². The van der Waals surface area contributed by atoms with Crippen molar-refractivity contribution in [3.05, 3.63) is 34.9 Å². The van der Waals surface area contributed by atoms with Gasteiger partial charge in [0.1, 0.15) is 0 Å². The van der Waals surface area contributed by atoms with Crippen molar-refractivity contribution in [1.29, 1.82) is 0 Å². The van der Waals surface area contributed by atoms with Gasteiger partial charge in [-0.1, -0.05) is 56.8 Å². The summed E-state index contributed by atoms with van der Waals surface area (Å²) in [4.78, 5) is 0. The summed E-state index contributed by atoms with van der Waals surface area (Å²) >= 11 is 5.98. The summed E-state index contributed by atoms with van der Waals surface area (Å²) in [5.74, 6) is 0. The molecule has 1 N–H and O–H groups in total. The van der Waals surface area contributed by atoms with E-state index in [0.717, 1.165) is 11.6 Å². The monoisotopic (exact) mass is 253 g/mol. The maximum atomic E-state index is 5.98. The molecule has 17 heavy (non-hydrogen) atoms. The molecule has 0 radical (unpaired) electrons. The fourth-order valence-electron chi connectivity index (χ4n) is 2.06. The van der Waals surface area contributed by atoms with Gasteiger partial charge in [0.15, 0.2) is 0 Å². The van der Waals surface area contributed by atoms with Gasteiger partial charge in [-0.05, 0) is 30.5 Å². The van der Waals surface area contributed by atoms with Gasteiger partial charge in [-0.25, -0.2) is 0 Å². The van der Waals surface area contributed by atoms with Gasteiger partial charge >= 0.3 is 0 Å². The smallest absolute Gasteiger partial charge is 0.0409 e. The van der Waals surface area contributed by atoms with Crippen LogP contribution in [0.2, 0.25) is 5.02 Å². The SMILES string of the molecule is CCCCC(CCC)NCc1cccc(Cl)c1. The average molecular weight is 254 g/mol. The third-order valence-corrected chi connectivity index (χ3v) is 3.26. The molecule has 1 nitrogen and oxygen atoms in total. The lowest BCUT2D eigenvalue weighted by Gasteiger charge is -2.18. The summed E-state index contributed by atoms with van der Waals surface area (Å²) < 4.78 is 0. The van der Waals surface area contributed by atoms with Crippen LogP contribution in [0.5, 0.6) is 0 Å². The Kier molecular flexibility index (Phi) is 7.30. The zero-order valence-electron chi connectivity index (χ0n) is 11.0. The molecule has 0 fully saturated rings. The first-order valence-corrected chi connectivity index (χ1v) is 7.11. The Balaban J connectivity index is 2.39. The van der Waals surface area contributed by atoms with Crippen molar-refractivity contribution >= 4 is 11.6 Å². The number of hydrogen-bond acceptors (Lipinski definition) is 1. The Morgan fingerprint density at radius 2 is 2.00 bits per heavy atom. The molecular weight excluding hydrogens is 230 g/mol. The topological polar surface area (TPSA) is 12.0 Å². The standard InChI is InChI=1S/C15H24ClN/c1-3-5-10-15(7-4-2)17-12-13-8-6-9-14(16)11-13/h6,8-9,11,15,17H,3-5,7,10,12H2,1-2H3. The Hall–Kier alpha value is -0.530. The van der Waals surface area contributed by atoms with E-state index in [1.54, 1.807) is 0 Å². The molecule has 1 rings (SSSR count). The first-order valence-electron chi connectivity index (χ1n) is 6.74. The molecule has 0 aliphatic heterocycles. The van der Waals surface area contributed by atoms with Crippen LogP contribution in [0.15, 0.2) is 24.3 Å². The summed E-state index contributed by atoms with van der Waals surface area (Å²) in [6.45, 7) is 5.43. The van der Waals surface area contributed by atoms with Crippen molar-refractivity contribution < 1.29 is 0 Å². The van der Waals surface area contributed by atoms with Gasteiger partial charge in [0.25, 0.3) is 0 Å². The van der Waals surface area contributed by atoms with E-state index < -0.39 is 0 Å². The lowest BCUT2D eigenvalue weighted by Crippen LogP contribution is -2.28. The van der Waals surface area contributed by atoms with Crippen LogP contribution >= 0.6 is 11.6 Å². The minimum absolute atomic E-state index is 0.652. The number of hydrogen-bond donors (Lipinski definition) is 1. The van der Waals surface area contributed by atoms with Crippen molar-refractivity contribution in [1.82, 2.24) is 5.32 Å².